The van der Waals surface area contributed by atoms with Gasteiger partial charge < -0.3 is 20.1 Å². The SMILES string of the molecule is O=C(C1CC(O)CN1)N1CCOC(c2ccc(Br)cc2)C1. The third kappa shape index (κ3) is 3.45. The normalized spacial score (nSPS) is 29.6. The average Bonchev–Trinajstić information content (AvgIpc) is 2.94. The Morgan fingerprint density at radius 2 is 2.14 bits per heavy atom. The molecule has 3 unspecified atom stereocenters. The van der Waals surface area contributed by atoms with Gasteiger partial charge in [-0.3, -0.25) is 4.79 Å². The number of benzene rings is 1. The Balaban J connectivity index is 1.65. The van der Waals surface area contributed by atoms with E-state index in [1.807, 2.05) is 29.2 Å². The number of halogens is 1. The predicted octanol–water partition coefficient (Wildman–Crippen LogP) is 1.07. The summed E-state index contributed by atoms with van der Waals surface area (Å²) in [4.78, 5) is 14.3. The Morgan fingerprint density at radius 3 is 2.81 bits per heavy atom. The number of hydrogen-bond donors (Lipinski definition) is 2. The second-order valence-corrected chi connectivity index (χ2v) is 6.46. The first kappa shape index (κ1) is 15.0. The van der Waals surface area contributed by atoms with Gasteiger partial charge in [-0.2, -0.15) is 0 Å². The van der Waals surface area contributed by atoms with Crippen molar-refractivity contribution in [1.29, 1.82) is 0 Å². The number of rotatable bonds is 2. The zero-order chi connectivity index (χ0) is 14.8. The maximum absolute atomic E-state index is 12.5. The molecule has 5 nitrogen and oxygen atoms in total. The van der Waals surface area contributed by atoms with Crippen LogP contribution in [0.1, 0.15) is 18.1 Å². The number of nitrogens with zero attached hydrogens (tertiary/aromatic N) is 1. The number of β-amino-alcohol motifs (C(OH)–C–C–N with tert-alkyl or cyclic N) is 1. The van der Waals surface area contributed by atoms with Gasteiger partial charge in [-0.25, -0.2) is 0 Å². The zero-order valence-corrected chi connectivity index (χ0v) is 13.3. The fraction of sp³-hybridized carbons (Fsp3) is 0.533. The van der Waals surface area contributed by atoms with Gasteiger partial charge >= 0.3 is 0 Å². The third-order valence-electron chi connectivity index (χ3n) is 4.03. The van der Waals surface area contributed by atoms with Crippen LogP contribution in [0.2, 0.25) is 0 Å². The van der Waals surface area contributed by atoms with Crippen LogP contribution in [0.5, 0.6) is 0 Å². The van der Waals surface area contributed by atoms with Crippen LogP contribution >= 0.6 is 15.9 Å². The topological polar surface area (TPSA) is 61.8 Å². The van der Waals surface area contributed by atoms with Crippen molar-refractivity contribution in [2.75, 3.05) is 26.2 Å². The Kier molecular flexibility index (Phi) is 4.59. The summed E-state index contributed by atoms with van der Waals surface area (Å²) in [5.74, 6) is 0.0666. The first-order valence-electron chi connectivity index (χ1n) is 7.21. The molecule has 2 heterocycles. The minimum Gasteiger partial charge on any atom is -0.392 e. The highest BCUT2D eigenvalue weighted by molar-refractivity contribution is 9.10. The highest BCUT2D eigenvalue weighted by atomic mass is 79.9. The molecule has 6 heteroatoms. The highest BCUT2D eigenvalue weighted by Crippen LogP contribution is 2.24. The van der Waals surface area contributed by atoms with Gasteiger partial charge in [0.05, 0.1) is 25.3 Å². The van der Waals surface area contributed by atoms with E-state index >= 15 is 0 Å². The molecule has 3 atom stereocenters. The molecule has 2 N–H and O–H groups in total. The lowest BCUT2D eigenvalue weighted by molar-refractivity contribution is -0.141. The summed E-state index contributed by atoms with van der Waals surface area (Å²) in [5.41, 5.74) is 1.08. The zero-order valence-electron chi connectivity index (χ0n) is 11.7. The van der Waals surface area contributed by atoms with Crippen molar-refractivity contribution in [3.8, 4) is 0 Å². The van der Waals surface area contributed by atoms with E-state index in [4.69, 9.17) is 4.74 Å². The van der Waals surface area contributed by atoms with Gasteiger partial charge in [0.2, 0.25) is 5.91 Å². The maximum Gasteiger partial charge on any atom is 0.239 e. The van der Waals surface area contributed by atoms with E-state index in [1.165, 1.54) is 0 Å². The van der Waals surface area contributed by atoms with Crippen molar-refractivity contribution in [1.82, 2.24) is 10.2 Å². The molecule has 0 spiro atoms. The lowest BCUT2D eigenvalue weighted by Gasteiger charge is -2.34. The fourth-order valence-electron chi connectivity index (χ4n) is 2.85. The highest BCUT2D eigenvalue weighted by Gasteiger charge is 2.34. The summed E-state index contributed by atoms with van der Waals surface area (Å²) in [5, 5.41) is 12.6. The van der Waals surface area contributed by atoms with Gasteiger partial charge in [0, 0.05) is 17.6 Å². The Labute approximate surface area is 132 Å². The maximum atomic E-state index is 12.5. The molecular formula is C15H19BrN2O3. The lowest BCUT2D eigenvalue weighted by Crippen LogP contribution is -2.49. The number of aliphatic hydroxyl groups is 1. The molecule has 0 bridgehead atoms. The Bertz CT molecular complexity index is 508. The van der Waals surface area contributed by atoms with Gasteiger partial charge in [-0.15, -0.1) is 0 Å². The largest absolute Gasteiger partial charge is 0.392 e. The van der Waals surface area contributed by atoms with Crippen molar-refractivity contribution >= 4 is 21.8 Å². The summed E-state index contributed by atoms with van der Waals surface area (Å²) in [6, 6.07) is 7.73. The molecule has 3 rings (SSSR count). The third-order valence-corrected chi connectivity index (χ3v) is 4.55. The summed E-state index contributed by atoms with van der Waals surface area (Å²) < 4.78 is 6.82. The van der Waals surface area contributed by atoms with Crippen LogP contribution in [0, 0.1) is 0 Å². The van der Waals surface area contributed by atoms with Gasteiger partial charge in [-0.1, -0.05) is 28.1 Å². The molecule has 21 heavy (non-hydrogen) atoms. The first-order chi connectivity index (χ1) is 10.1. The van der Waals surface area contributed by atoms with Crippen LogP contribution in [0.15, 0.2) is 28.7 Å². The molecule has 0 saturated carbocycles. The molecule has 1 aromatic carbocycles. The monoisotopic (exact) mass is 354 g/mol. The van der Waals surface area contributed by atoms with E-state index < -0.39 is 6.10 Å². The average molecular weight is 355 g/mol. The van der Waals surface area contributed by atoms with Crippen LogP contribution in [0.4, 0.5) is 0 Å². The molecule has 2 aliphatic heterocycles. The van der Waals surface area contributed by atoms with E-state index in [9.17, 15) is 9.90 Å². The number of hydrogen-bond acceptors (Lipinski definition) is 4. The predicted molar refractivity (Wildman–Crippen MR) is 81.8 cm³/mol. The van der Waals surface area contributed by atoms with Crippen LogP contribution in [-0.2, 0) is 9.53 Å². The van der Waals surface area contributed by atoms with Gasteiger partial charge in [-0.05, 0) is 24.1 Å². The van der Waals surface area contributed by atoms with Crippen molar-refractivity contribution < 1.29 is 14.6 Å². The number of carbonyl (C=O) groups is 1. The van der Waals surface area contributed by atoms with E-state index in [0.717, 1.165) is 10.0 Å². The van der Waals surface area contributed by atoms with Crippen LogP contribution in [-0.4, -0.2) is 54.3 Å². The van der Waals surface area contributed by atoms with E-state index in [2.05, 4.69) is 21.2 Å². The smallest absolute Gasteiger partial charge is 0.239 e. The molecule has 0 aromatic heterocycles. The van der Waals surface area contributed by atoms with Gasteiger partial charge in [0.1, 0.15) is 6.10 Å². The molecule has 2 fully saturated rings. The molecule has 0 aliphatic carbocycles. The number of morpholine rings is 1. The molecular weight excluding hydrogens is 336 g/mol. The van der Waals surface area contributed by atoms with Crippen molar-refractivity contribution in [2.24, 2.45) is 0 Å². The van der Waals surface area contributed by atoms with Crippen molar-refractivity contribution in [2.45, 2.75) is 24.7 Å². The first-order valence-corrected chi connectivity index (χ1v) is 8.00. The van der Waals surface area contributed by atoms with Crippen molar-refractivity contribution in [3.63, 3.8) is 0 Å². The number of aliphatic hydroxyl groups excluding tert-OH is 1. The van der Waals surface area contributed by atoms with Crippen LogP contribution in [0.3, 0.4) is 0 Å². The molecule has 1 aromatic rings. The van der Waals surface area contributed by atoms with Crippen LogP contribution in [0.25, 0.3) is 0 Å². The summed E-state index contributed by atoms with van der Waals surface area (Å²) >= 11 is 3.42. The van der Waals surface area contributed by atoms with Gasteiger partial charge in [0.25, 0.3) is 0 Å². The van der Waals surface area contributed by atoms with E-state index in [1.54, 1.807) is 0 Å². The summed E-state index contributed by atoms with van der Waals surface area (Å²) in [7, 11) is 0. The number of nitrogens with one attached hydrogen (secondary N) is 1. The molecule has 2 saturated heterocycles. The fourth-order valence-corrected chi connectivity index (χ4v) is 3.12. The van der Waals surface area contributed by atoms with E-state index in [-0.39, 0.29) is 18.1 Å². The summed E-state index contributed by atoms with van der Waals surface area (Å²) in [6.45, 7) is 2.22. The van der Waals surface area contributed by atoms with Crippen molar-refractivity contribution in [3.05, 3.63) is 34.3 Å². The second kappa shape index (κ2) is 6.44. The molecule has 114 valence electrons. The molecule has 1 amide bonds. The second-order valence-electron chi connectivity index (χ2n) is 5.55. The molecule has 2 aliphatic rings. The molecule has 0 radical (unpaired) electrons. The minimum absolute atomic E-state index is 0.0666. The standard InChI is InChI=1S/C15H19BrN2O3/c16-11-3-1-10(2-4-11)14-9-18(5-6-21-14)15(20)13-7-12(19)8-17-13/h1-4,12-14,17,19H,5-9H2. The lowest BCUT2D eigenvalue weighted by atomic mass is 10.1. The van der Waals surface area contributed by atoms with E-state index in [0.29, 0.717) is 32.7 Å². The van der Waals surface area contributed by atoms with Gasteiger partial charge in [0.15, 0.2) is 0 Å². The number of amides is 1. The quantitative estimate of drug-likeness (QED) is 0.833. The summed E-state index contributed by atoms with van der Waals surface area (Å²) in [6.07, 6.45) is 0.00321. The number of ether oxygens (including phenoxy) is 1. The Hall–Kier alpha value is -0.950. The minimum atomic E-state index is -0.415. The van der Waals surface area contributed by atoms with Crippen LogP contribution < -0.4 is 5.32 Å². The Morgan fingerprint density at radius 1 is 1.38 bits per heavy atom. The number of carbonyl (C=O) groups excluding carboxylic acids is 1.